The Labute approximate surface area is 214 Å². The number of nitrogens with one attached hydrogen (secondary N) is 1. The standard InChI is InChI=1S/C29H39N5O2/c35-29(34-12-2-1-3-13-34)23-6-4-22(5-7-23)27-8-9-28(32-31-27)30-26-16-24-19-33(20-25(24)17-26)18-21-10-14-36-15-11-21/h4-9,21,24-26H,1-3,10-20H2,(H,30,32)/t24-,25?,26?/m1/s1. The van der Waals surface area contributed by atoms with E-state index in [2.05, 4.69) is 20.4 Å². The predicted octanol–water partition coefficient (Wildman–Crippen LogP) is 4.32. The van der Waals surface area contributed by atoms with E-state index in [0.717, 1.165) is 79.5 Å². The number of piperidine rings is 1. The summed E-state index contributed by atoms with van der Waals surface area (Å²) in [5, 5.41) is 12.6. The summed E-state index contributed by atoms with van der Waals surface area (Å²) in [4.78, 5) is 17.4. The monoisotopic (exact) mass is 489 g/mol. The van der Waals surface area contributed by atoms with Crippen molar-refractivity contribution in [2.45, 2.75) is 51.0 Å². The smallest absolute Gasteiger partial charge is 0.253 e. The molecule has 1 aromatic heterocycles. The van der Waals surface area contributed by atoms with E-state index in [4.69, 9.17) is 4.74 Å². The maximum Gasteiger partial charge on any atom is 0.253 e. The van der Waals surface area contributed by atoms with E-state index < -0.39 is 0 Å². The van der Waals surface area contributed by atoms with Crippen molar-refractivity contribution in [1.82, 2.24) is 20.0 Å². The molecule has 3 saturated heterocycles. The molecule has 7 nitrogen and oxygen atoms in total. The number of aromatic nitrogens is 2. The number of hydrogen-bond acceptors (Lipinski definition) is 6. The zero-order valence-electron chi connectivity index (χ0n) is 21.3. The average Bonchev–Trinajstić information content (AvgIpc) is 3.48. The van der Waals surface area contributed by atoms with Crippen LogP contribution in [0, 0.1) is 17.8 Å². The molecule has 6 rings (SSSR count). The van der Waals surface area contributed by atoms with E-state index in [1.807, 2.05) is 41.3 Å². The first-order valence-electron chi connectivity index (χ1n) is 14.0. The second-order valence-corrected chi connectivity index (χ2v) is 11.3. The highest BCUT2D eigenvalue weighted by Crippen LogP contribution is 2.39. The van der Waals surface area contributed by atoms with Crippen LogP contribution in [-0.4, -0.2) is 77.9 Å². The second-order valence-electron chi connectivity index (χ2n) is 11.3. The first-order chi connectivity index (χ1) is 17.7. The lowest BCUT2D eigenvalue weighted by Gasteiger charge is -2.27. The van der Waals surface area contributed by atoms with Crippen LogP contribution in [0.15, 0.2) is 36.4 Å². The highest BCUT2D eigenvalue weighted by atomic mass is 16.5. The molecule has 3 aliphatic heterocycles. The zero-order chi connectivity index (χ0) is 24.3. The van der Waals surface area contributed by atoms with Gasteiger partial charge in [-0.15, -0.1) is 10.2 Å². The lowest BCUT2D eigenvalue weighted by molar-refractivity contribution is 0.0545. The molecule has 1 N–H and O–H groups in total. The molecule has 2 unspecified atom stereocenters. The van der Waals surface area contributed by atoms with E-state index in [1.165, 1.54) is 51.7 Å². The number of anilines is 1. The van der Waals surface area contributed by atoms with Gasteiger partial charge in [-0.1, -0.05) is 12.1 Å². The summed E-state index contributed by atoms with van der Waals surface area (Å²) in [6.45, 7) is 7.40. The summed E-state index contributed by atoms with van der Waals surface area (Å²) in [5.74, 6) is 3.44. The number of hydrogen-bond donors (Lipinski definition) is 1. The molecule has 4 aliphatic rings. The maximum absolute atomic E-state index is 12.7. The quantitative estimate of drug-likeness (QED) is 0.652. The van der Waals surface area contributed by atoms with Crippen LogP contribution in [0.5, 0.6) is 0 Å². The number of nitrogens with zero attached hydrogens (tertiary/aromatic N) is 4. The number of fused-ring (bicyclic) bond motifs is 1. The Morgan fingerprint density at radius 3 is 2.31 bits per heavy atom. The lowest BCUT2D eigenvalue weighted by Crippen LogP contribution is -2.35. The van der Waals surface area contributed by atoms with Crippen LogP contribution in [-0.2, 0) is 4.74 Å². The third kappa shape index (κ3) is 5.42. The zero-order valence-corrected chi connectivity index (χ0v) is 21.3. The fourth-order valence-corrected chi connectivity index (χ4v) is 6.79. The molecule has 7 heteroatoms. The molecule has 0 radical (unpaired) electrons. The van der Waals surface area contributed by atoms with Gasteiger partial charge in [-0.3, -0.25) is 4.79 Å². The summed E-state index contributed by atoms with van der Waals surface area (Å²) in [5.41, 5.74) is 2.58. The van der Waals surface area contributed by atoms with Crippen molar-refractivity contribution in [2.24, 2.45) is 17.8 Å². The van der Waals surface area contributed by atoms with Crippen molar-refractivity contribution >= 4 is 11.7 Å². The summed E-state index contributed by atoms with van der Waals surface area (Å²) >= 11 is 0. The van der Waals surface area contributed by atoms with Gasteiger partial charge in [0.05, 0.1) is 5.69 Å². The fraction of sp³-hybridized carbons (Fsp3) is 0.621. The van der Waals surface area contributed by atoms with Crippen LogP contribution in [0.4, 0.5) is 5.82 Å². The van der Waals surface area contributed by atoms with Gasteiger partial charge in [-0.05, 0) is 87.0 Å². The maximum atomic E-state index is 12.7. The van der Waals surface area contributed by atoms with Gasteiger partial charge in [0, 0.05) is 63.1 Å². The minimum atomic E-state index is 0.139. The molecular formula is C29H39N5O2. The van der Waals surface area contributed by atoms with Gasteiger partial charge in [0.15, 0.2) is 0 Å². The predicted molar refractivity (Wildman–Crippen MR) is 141 cm³/mol. The van der Waals surface area contributed by atoms with Crippen LogP contribution in [0.1, 0.15) is 55.3 Å². The van der Waals surface area contributed by atoms with Crippen molar-refractivity contribution in [3.05, 3.63) is 42.0 Å². The third-order valence-electron chi connectivity index (χ3n) is 8.77. The molecule has 0 bridgehead atoms. The summed E-state index contributed by atoms with van der Waals surface area (Å²) < 4.78 is 5.52. The number of benzene rings is 1. The minimum Gasteiger partial charge on any atom is -0.381 e. The molecule has 0 spiro atoms. The van der Waals surface area contributed by atoms with Crippen LogP contribution in [0.2, 0.25) is 0 Å². The Hall–Kier alpha value is -2.51. The third-order valence-corrected chi connectivity index (χ3v) is 8.77. The Balaban J connectivity index is 0.993. The lowest BCUT2D eigenvalue weighted by atomic mass is 10.00. The largest absolute Gasteiger partial charge is 0.381 e. The van der Waals surface area contributed by atoms with Crippen molar-refractivity contribution in [1.29, 1.82) is 0 Å². The van der Waals surface area contributed by atoms with Gasteiger partial charge in [0.2, 0.25) is 0 Å². The van der Waals surface area contributed by atoms with E-state index in [1.54, 1.807) is 0 Å². The molecule has 1 aromatic carbocycles. The number of amides is 1. The molecule has 3 atom stereocenters. The second kappa shape index (κ2) is 10.9. The first kappa shape index (κ1) is 23.9. The fourth-order valence-electron chi connectivity index (χ4n) is 6.79. The van der Waals surface area contributed by atoms with Crippen LogP contribution in [0.25, 0.3) is 11.3 Å². The van der Waals surface area contributed by atoms with Gasteiger partial charge in [-0.2, -0.15) is 0 Å². The molecule has 1 saturated carbocycles. The molecule has 2 aromatic rings. The molecule has 192 valence electrons. The molecule has 1 aliphatic carbocycles. The minimum absolute atomic E-state index is 0.139. The molecule has 1 amide bonds. The van der Waals surface area contributed by atoms with Crippen molar-refractivity contribution in [3.8, 4) is 11.3 Å². The van der Waals surface area contributed by atoms with Gasteiger partial charge in [0.1, 0.15) is 5.82 Å². The Morgan fingerprint density at radius 1 is 0.917 bits per heavy atom. The number of carbonyl (C=O) groups excluding carboxylic acids is 1. The number of rotatable bonds is 6. The van der Waals surface area contributed by atoms with Crippen LogP contribution >= 0.6 is 0 Å². The number of carbonyl (C=O) groups is 1. The molecular weight excluding hydrogens is 450 g/mol. The highest BCUT2D eigenvalue weighted by molar-refractivity contribution is 5.94. The van der Waals surface area contributed by atoms with E-state index in [9.17, 15) is 4.79 Å². The van der Waals surface area contributed by atoms with Gasteiger partial charge in [0.25, 0.3) is 5.91 Å². The number of ether oxygens (including phenoxy) is 1. The van der Waals surface area contributed by atoms with Crippen LogP contribution in [0.3, 0.4) is 0 Å². The Kier molecular flexibility index (Phi) is 7.19. The molecule has 4 fully saturated rings. The van der Waals surface area contributed by atoms with Gasteiger partial charge >= 0.3 is 0 Å². The summed E-state index contributed by atoms with van der Waals surface area (Å²) in [7, 11) is 0. The average molecular weight is 490 g/mol. The van der Waals surface area contributed by atoms with Gasteiger partial charge < -0.3 is 19.9 Å². The van der Waals surface area contributed by atoms with E-state index in [0.29, 0.717) is 6.04 Å². The first-order valence-corrected chi connectivity index (χ1v) is 14.0. The SMILES string of the molecule is O=C(c1ccc(-c2ccc(NC3CC4CN(CC5CCOCC5)C[C@H]4C3)nn2)cc1)N1CCCCC1. The highest BCUT2D eigenvalue weighted by Gasteiger charge is 2.41. The van der Waals surface area contributed by atoms with Crippen LogP contribution < -0.4 is 5.32 Å². The Bertz CT molecular complexity index is 1000. The van der Waals surface area contributed by atoms with E-state index >= 15 is 0 Å². The molecule has 4 heterocycles. The van der Waals surface area contributed by atoms with E-state index in [-0.39, 0.29) is 5.91 Å². The Morgan fingerprint density at radius 2 is 1.64 bits per heavy atom. The van der Waals surface area contributed by atoms with Crippen molar-refractivity contribution in [3.63, 3.8) is 0 Å². The van der Waals surface area contributed by atoms with Crippen molar-refractivity contribution in [2.75, 3.05) is 51.3 Å². The van der Waals surface area contributed by atoms with Crippen molar-refractivity contribution < 1.29 is 9.53 Å². The summed E-state index contributed by atoms with van der Waals surface area (Å²) in [6, 6.07) is 12.4. The molecule has 36 heavy (non-hydrogen) atoms. The normalized spacial score (nSPS) is 27.2. The number of likely N-dealkylation sites (tertiary alicyclic amines) is 2. The summed E-state index contributed by atoms with van der Waals surface area (Å²) in [6.07, 6.45) is 8.35. The topological polar surface area (TPSA) is 70.6 Å². The van der Waals surface area contributed by atoms with Gasteiger partial charge in [-0.25, -0.2) is 0 Å².